The van der Waals surface area contributed by atoms with Crippen LogP contribution in [-0.2, 0) is 13.8 Å². The minimum Gasteiger partial charge on any atom is -0.479 e. The van der Waals surface area contributed by atoms with Crippen LogP contribution in [0, 0.1) is 0 Å². The summed E-state index contributed by atoms with van der Waals surface area (Å²) in [5.74, 6) is -0.409. The maximum Gasteiger partial charge on any atom is 0.265 e. The second-order valence-electron chi connectivity index (χ2n) is 3.40. The van der Waals surface area contributed by atoms with Gasteiger partial charge in [-0.25, -0.2) is 8.42 Å². The van der Waals surface area contributed by atoms with Gasteiger partial charge in [0.05, 0.1) is 0 Å². The molecule has 0 fully saturated rings. The number of hydrogen-bond acceptors (Lipinski definition) is 4. The van der Waals surface area contributed by atoms with E-state index >= 15 is 0 Å². The number of amides is 1. The number of nitrogens with one attached hydrogen (secondary N) is 1. The van der Waals surface area contributed by atoms with Crippen LogP contribution >= 0.6 is 22.3 Å². The molecule has 1 unspecified atom stereocenters. The van der Waals surface area contributed by atoms with Gasteiger partial charge in [0.25, 0.3) is 15.0 Å². The monoisotopic (exact) mass is 311 g/mol. The Morgan fingerprint density at radius 3 is 2.56 bits per heavy atom. The van der Waals surface area contributed by atoms with Gasteiger partial charge in [0.2, 0.25) is 0 Å². The molecule has 1 rings (SSSR count). The van der Waals surface area contributed by atoms with Gasteiger partial charge < -0.3 is 10.1 Å². The highest BCUT2D eigenvalue weighted by Crippen LogP contribution is 2.30. The van der Waals surface area contributed by atoms with Gasteiger partial charge in [-0.1, -0.05) is 11.6 Å². The summed E-state index contributed by atoms with van der Waals surface area (Å²) in [6.07, 6.45) is -0.853. The first kappa shape index (κ1) is 15.1. The molecular weight excluding hydrogens is 301 g/mol. The third-order valence-electron chi connectivity index (χ3n) is 2.09. The van der Waals surface area contributed by atoms with E-state index in [1.165, 1.54) is 26.1 Å². The fraction of sp³-hybridized carbons (Fsp3) is 0.300. The zero-order chi connectivity index (χ0) is 13.9. The summed E-state index contributed by atoms with van der Waals surface area (Å²) in [4.78, 5) is 11.0. The highest BCUT2D eigenvalue weighted by Gasteiger charge is 2.21. The van der Waals surface area contributed by atoms with Crippen molar-refractivity contribution in [3.63, 3.8) is 0 Å². The van der Waals surface area contributed by atoms with E-state index in [4.69, 9.17) is 27.0 Å². The van der Waals surface area contributed by atoms with Gasteiger partial charge in [0.1, 0.15) is 10.6 Å². The number of carbonyl (C=O) groups is 1. The first-order valence-corrected chi connectivity index (χ1v) is 7.57. The van der Waals surface area contributed by atoms with E-state index in [1.807, 2.05) is 0 Å². The molecule has 0 heterocycles. The highest BCUT2D eigenvalue weighted by molar-refractivity contribution is 8.13. The van der Waals surface area contributed by atoms with Crippen molar-refractivity contribution in [2.75, 3.05) is 7.05 Å². The summed E-state index contributed by atoms with van der Waals surface area (Å²) in [5.41, 5.74) is 0. The van der Waals surface area contributed by atoms with E-state index < -0.39 is 15.2 Å². The first-order chi connectivity index (χ1) is 8.25. The molecule has 0 aromatic heterocycles. The van der Waals surface area contributed by atoms with Gasteiger partial charge >= 0.3 is 0 Å². The van der Waals surface area contributed by atoms with Crippen LogP contribution in [0.15, 0.2) is 23.1 Å². The van der Waals surface area contributed by atoms with Crippen molar-refractivity contribution < 1.29 is 17.9 Å². The van der Waals surface area contributed by atoms with Gasteiger partial charge in [0.15, 0.2) is 6.10 Å². The van der Waals surface area contributed by atoms with Crippen LogP contribution < -0.4 is 10.1 Å². The van der Waals surface area contributed by atoms with Crippen LogP contribution in [0.2, 0.25) is 5.02 Å². The number of ether oxygens (including phenoxy) is 1. The molecule has 0 bridgehead atoms. The number of carbonyl (C=O) groups excluding carboxylic acids is 1. The molecule has 0 saturated carbocycles. The van der Waals surface area contributed by atoms with Gasteiger partial charge in [-0.05, 0) is 25.1 Å². The Morgan fingerprint density at radius 2 is 2.06 bits per heavy atom. The Labute approximate surface area is 114 Å². The zero-order valence-corrected chi connectivity index (χ0v) is 11.9. The minimum absolute atomic E-state index is 0.0227. The second-order valence-corrected chi connectivity index (χ2v) is 6.37. The van der Waals surface area contributed by atoms with E-state index in [0.29, 0.717) is 0 Å². The molecule has 18 heavy (non-hydrogen) atoms. The summed E-state index contributed by atoms with van der Waals surface area (Å²) in [7, 11) is 2.71. The van der Waals surface area contributed by atoms with Crippen molar-refractivity contribution in [3.05, 3.63) is 23.2 Å². The van der Waals surface area contributed by atoms with Crippen molar-refractivity contribution in [1.82, 2.24) is 5.32 Å². The third-order valence-corrected chi connectivity index (χ3v) is 3.67. The molecule has 1 aromatic rings. The van der Waals surface area contributed by atoms with Crippen molar-refractivity contribution >= 4 is 37.2 Å². The van der Waals surface area contributed by atoms with Gasteiger partial charge in [0, 0.05) is 22.8 Å². The Kier molecular flexibility index (Phi) is 4.84. The molecule has 1 atom stereocenters. The first-order valence-electron chi connectivity index (χ1n) is 4.88. The maximum absolute atomic E-state index is 11.4. The van der Waals surface area contributed by atoms with E-state index in [2.05, 4.69) is 5.32 Å². The molecule has 1 aromatic carbocycles. The van der Waals surface area contributed by atoms with Crippen molar-refractivity contribution in [2.45, 2.75) is 17.9 Å². The van der Waals surface area contributed by atoms with Crippen LogP contribution in [0.5, 0.6) is 5.75 Å². The van der Waals surface area contributed by atoms with E-state index in [0.717, 1.165) is 6.07 Å². The topological polar surface area (TPSA) is 72.5 Å². The third kappa shape index (κ3) is 3.76. The Morgan fingerprint density at radius 1 is 1.44 bits per heavy atom. The highest BCUT2D eigenvalue weighted by atomic mass is 35.7. The molecule has 5 nitrogen and oxygen atoms in total. The predicted molar refractivity (Wildman–Crippen MR) is 68.6 cm³/mol. The smallest absolute Gasteiger partial charge is 0.265 e. The second kappa shape index (κ2) is 5.77. The summed E-state index contributed by atoms with van der Waals surface area (Å²) in [6.45, 7) is 1.48. The molecule has 1 amide bonds. The molecule has 0 saturated heterocycles. The average Bonchev–Trinajstić information content (AvgIpc) is 2.28. The molecule has 0 aliphatic rings. The number of hydrogen-bond donors (Lipinski definition) is 1. The lowest BCUT2D eigenvalue weighted by Gasteiger charge is -2.15. The largest absolute Gasteiger partial charge is 0.479 e. The van der Waals surface area contributed by atoms with E-state index in [-0.39, 0.29) is 21.6 Å². The van der Waals surface area contributed by atoms with Crippen LogP contribution in [0.25, 0.3) is 0 Å². The fourth-order valence-corrected chi connectivity index (χ4v) is 2.44. The Balaban J connectivity index is 3.14. The van der Waals surface area contributed by atoms with Crippen LogP contribution in [0.1, 0.15) is 6.92 Å². The normalized spacial score (nSPS) is 12.9. The van der Waals surface area contributed by atoms with Gasteiger partial charge in [-0.15, -0.1) is 0 Å². The maximum atomic E-state index is 11.4. The number of rotatable bonds is 4. The molecule has 0 aliphatic carbocycles. The summed E-state index contributed by atoms with van der Waals surface area (Å²) in [5, 5.41) is 2.59. The minimum atomic E-state index is -4.00. The summed E-state index contributed by atoms with van der Waals surface area (Å²) < 4.78 is 28.0. The quantitative estimate of drug-likeness (QED) is 0.860. The van der Waals surface area contributed by atoms with E-state index in [1.54, 1.807) is 0 Å². The molecule has 0 spiro atoms. The fourth-order valence-electron chi connectivity index (χ4n) is 1.22. The number of likely N-dealkylation sites (N-methyl/N-ethyl adjacent to an activating group) is 1. The van der Waals surface area contributed by atoms with Crippen molar-refractivity contribution in [1.29, 1.82) is 0 Å². The standard InChI is InChI=1S/C10H11Cl2NO4S/c1-6(10(14)13-2)17-8-4-3-7(11)5-9(8)18(12,15)16/h3-6H,1-2H3,(H,13,14). The van der Waals surface area contributed by atoms with Crippen LogP contribution in [0.3, 0.4) is 0 Å². The Hall–Kier alpha value is -0.980. The lowest BCUT2D eigenvalue weighted by Crippen LogP contribution is -2.33. The Bertz CT molecular complexity index is 559. The SMILES string of the molecule is CNC(=O)C(C)Oc1ccc(Cl)cc1S(=O)(=O)Cl. The zero-order valence-electron chi connectivity index (χ0n) is 9.61. The predicted octanol–water partition coefficient (Wildman–Crippen LogP) is 1.78. The van der Waals surface area contributed by atoms with Crippen LogP contribution in [-0.4, -0.2) is 27.5 Å². The summed E-state index contributed by atoms with van der Waals surface area (Å²) in [6, 6.07) is 3.95. The van der Waals surface area contributed by atoms with Crippen molar-refractivity contribution in [2.24, 2.45) is 0 Å². The molecular formula is C10H11Cl2NO4S. The van der Waals surface area contributed by atoms with E-state index in [9.17, 15) is 13.2 Å². The molecule has 0 aliphatic heterocycles. The number of halogens is 2. The lowest BCUT2D eigenvalue weighted by molar-refractivity contribution is -0.126. The van der Waals surface area contributed by atoms with Gasteiger partial charge in [-0.3, -0.25) is 4.79 Å². The average molecular weight is 312 g/mol. The van der Waals surface area contributed by atoms with Crippen LogP contribution in [0.4, 0.5) is 0 Å². The molecule has 8 heteroatoms. The molecule has 100 valence electrons. The molecule has 1 N–H and O–H groups in total. The van der Waals surface area contributed by atoms with Gasteiger partial charge in [-0.2, -0.15) is 0 Å². The summed E-state index contributed by atoms with van der Waals surface area (Å²) >= 11 is 5.69. The van der Waals surface area contributed by atoms with Crippen molar-refractivity contribution in [3.8, 4) is 5.75 Å². The lowest BCUT2D eigenvalue weighted by atomic mass is 10.3. The number of benzene rings is 1. The molecule has 0 radical (unpaired) electrons.